The van der Waals surface area contributed by atoms with Crippen molar-refractivity contribution in [3.05, 3.63) is 24.3 Å². The molecule has 1 aromatic rings. The highest BCUT2D eigenvalue weighted by atomic mass is 16.5. The number of hydrogen-bond donors (Lipinski definition) is 2. The number of nitrogens with zero attached hydrogens (tertiary/aromatic N) is 1. The Morgan fingerprint density at radius 2 is 2.15 bits per heavy atom. The van der Waals surface area contributed by atoms with E-state index in [2.05, 4.69) is 5.32 Å². The van der Waals surface area contributed by atoms with Gasteiger partial charge in [-0.1, -0.05) is 12.1 Å². The minimum Gasteiger partial charge on any atom is -0.480 e. The highest BCUT2D eigenvalue weighted by Crippen LogP contribution is 2.33. The van der Waals surface area contributed by atoms with Crippen molar-refractivity contribution in [2.45, 2.75) is 31.9 Å². The molecule has 0 spiro atoms. The first-order chi connectivity index (χ1) is 12.5. The molecule has 3 atom stereocenters. The molecule has 0 aliphatic carbocycles. The quantitative estimate of drug-likeness (QED) is 0.803. The topological polar surface area (TPSA) is 105 Å². The van der Waals surface area contributed by atoms with E-state index in [4.69, 9.17) is 9.47 Å². The predicted octanol–water partition coefficient (Wildman–Crippen LogP) is 0.796. The van der Waals surface area contributed by atoms with Gasteiger partial charge in [0, 0.05) is 12.5 Å². The number of benzene rings is 1. The van der Waals surface area contributed by atoms with Crippen LogP contribution in [0.3, 0.4) is 0 Å². The molecule has 1 saturated heterocycles. The fourth-order valence-electron chi connectivity index (χ4n) is 3.29. The largest absolute Gasteiger partial charge is 0.480 e. The maximum atomic E-state index is 12.5. The number of rotatable bonds is 5. The summed E-state index contributed by atoms with van der Waals surface area (Å²) >= 11 is 0. The Morgan fingerprint density at radius 1 is 1.38 bits per heavy atom. The lowest BCUT2D eigenvalue weighted by atomic mass is 9.93. The van der Waals surface area contributed by atoms with Crippen LogP contribution < -0.4 is 15.0 Å². The van der Waals surface area contributed by atoms with E-state index in [0.29, 0.717) is 31.1 Å². The molecule has 2 N–H and O–H groups in total. The Hall–Kier alpha value is -2.61. The van der Waals surface area contributed by atoms with E-state index >= 15 is 0 Å². The number of carboxylic acids is 1. The SMILES string of the molecule is CC1Oc2ccccc2N(CC(=O)NC(C(=O)O)C2CCCOC2)C1=O. The molecule has 2 aliphatic heterocycles. The van der Waals surface area contributed by atoms with Gasteiger partial charge < -0.3 is 19.9 Å². The van der Waals surface area contributed by atoms with Gasteiger partial charge in [0.1, 0.15) is 18.3 Å². The summed E-state index contributed by atoms with van der Waals surface area (Å²) in [6, 6.07) is 5.91. The van der Waals surface area contributed by atoms with Gasteiger partial charge >= 0.3 is 5.97 Å². The highest BCUT2D eigenvalue weighted by Gasteiger charge is 2.35. The second kappa shape index (κ2) is 7.74. The van der Waals surface area contributed by atoms with Crippen molar-refractivity contribution in [1.29, 1.82) is 0 Å². The first-order valence-corrected chi connectivity index (χ1v) is 8.64. The summed E-state index contributed by atoms with van der Waals surface area (Å²) in [6.07, 6.45) is 0.727. The number of nitrogens with one attached hydrogen (secondary N) is 1. The number of carbonyl (C=O) groups excluding carboxylic acids is 2. The molecule has 3 unspecified atom stereocenters. The second-order valence-corrected chi connectivity index (χ2v) is 6.51. The molecule has 8 heteroatoms. The fourth-order valence-corrected chi connectivity index (χ4v) is 3.29. The van der Waals surface area contributed by atoms with Crippen LogP contribution in [0.25, 0.3) is 0 Å². The van der Waals surface area contributed by atoms with Crippen molar-refractivity contribution in [3.8, 4) is 5.75 Å². The first-order valence-electron chi connectivity index (χ1n) is 8.64. The van der Waals surface area contributed by atoms with Crippen molar-refractivity contribution < 1.29 is 29.0 Å². The lowest BCUT2D eigenvalue weighted by Crippen LogP contribution is -2.53. The summed E-state index contributed by atoms with van der Waals surface area (Å²) in [4.78, 5) is 37.8. The third-order valence-corrected chi connectivity index (χ3v) is 4.62. The van der Waals surface area contributed by atoms with Crippen LogP contribution in [0.2, 0.25) is 0 Å². The minimum absolute atomic E-state index is 0.263. The molecule has 2 heterocycles. The van der Waals surface area contributed by atoms with Crippen molar-refractivity contribution in [1.82, 2.24) is 5.32 Å². The van der Waals surface area contributed by atoms with E-state index in [1.54, 1.807) is 31.2 Å². The van der Waals surface area contributed by atoms with Crippen LogP contribution in [-0.2, 0) is 19.1 Å². The van der Waals surface area contributed by atoms with Gasteiger partial charge in [-0.15, -0.1) is 0 Å². The van der Waals surface area contributed by atoms with Crippen LogP contribution in [0.1, 0.15) is 19.8 Å². The maximum Gasteiger partial charge on any atom is 0.326 e. The lowest BCUT2D eigenvalue weighted by Gasteiger charge is -2.33. The Bertz CT molecular complexity index is 701. The van der Waals surface area contributed by atoms with E-state index in [9.17, 15) is 19.5 Å². The molecule has 3 rings (SSSR count). The summed E-state index contributed by atoms with van der Waals surface area (Å²) in [5.41, 5.74) is 0.499. The molecule has 26 heavy (non-hydrogen) atoms. The number of carbonyl (C=O) groups is 3. The van der Waals surface area contributed by atoms with Gasteiger partial charge in [-0.05, 0) is 31.9 Å². The fraction of sp³-hybridized carbons (Fsp3) is 0.500. The van der Waals surface area contributed by atoms with Crippen LogP contribution in [0.15, 0.2) is 24.3 Å². The molecule has 1 aromatic carbocycles. The molecule has 0 radical (unpaired) electrons. The molecular weight excluding hydrogens is 340 g/mol. The zero-order valence-electron chi connectivity index (χ0n) is 14.5. The summed E-state index contributed by atoms with van der Waals surface area (Å²) < 4.78 is 10.9. The zero-order chi connectivity index (χ0) is 18.7. The van der Waals surface area contributed by atoms with Gasteiger partial charge in [-0.25, -0.2) is 4.79 Å². The number of para-hydroxylation sites is 2. The summed E-state index contributed by atoms with van der Waals surface area (Å²) in [6.45, 7) is 2.25. The number of ether oxygens (including phenoxy) is 2. The number of carboxylic acid groups (broad SMARTS) is 1. The minimum atomic E-state index is -1.10. The van der Waals surface area contributed by atoms with Gasteiger partial charge in [0.25, 0.3) is 5.91 Å². The van der Waals surface area contributed by atoms with Gasteiger partial charge in [-0.2, -0.15) is 0 Å². The van der Waals surface area contributed by atoms with Crippen LogP contribution in [0.4, 0.5) is 5.69 Å². The molecule has 2 aliphatic rings. The van der Waals surface area contributed by atoms with Gasteiger partial charge in [0.2, 0.25) is 5.91 Å². The second-order valence-electron chi connectivity index (χ2n) is 6.51. The van der Waals surface area contributed by atoms with Gasteiger partial charge in [0.05, 0.1) is 12.3 Å². The van der Waals surface area contributed by atoms with E-state index in [1.165, 1.54) is 4.90 Å². The van der Waals surface area contributed by atoms with Crippen LogP contribution in [-0.4, -0.2) is 54.8 Å². The van der Waals surface area contributed by atoms with Crippen LogP contribution in [0.5, 0.6) is 5.75 Å². The van der Waals surface area contributed by atoms with Crippen molar-refractivity contribution >= 4 is 23.5 Å². The summed E-state index contributed by atoms with van der Waals surface area (Å²) in [5.74, 6) is -1.73. The van der Waals surface area contributed by atoms with Crippen molar-refractivity contribution in [3.63, 3.8) is 0 Å². The highest BCUT2D eigenvalue weighted by molar-refractivity contribution is 6.04. The normalized spacial score (nSPS) is 23.6. The molecule has 0 saturated carbocycles. The van der Waals surface area contributed by atoms with Crippen LogP contribution >= 0.6 is 0 Å². The first kappa shape index (κ1) is 18.2. The van der Waals surface area contributed by atoms with E-state index in [1.807, 2.05) is 0 Å². The van der Waals surface area contributed by atoms with E-state index < -0.39 is 24.0 Å². The average molecular weight is 362 g/mol. The molecule has 0 bridgehead atoms. The number of fused-ring (bicyclic) bond motifs is 1. The third kappa shape index (κ3) is 3.80. The summed E-state index contributed by atoms with van der Waals surface area (Å²) in [7, 11) is 0. The van der Waals surface area contributed by atoms with Crippen molar-refractivity contribution in [2.75, 3.05) is 24.7 Å². The molecule has 2 amide bonds. The number of aliphatic carboxylic acids is 1. The molecule has 1 fully saturated rings. The van der Waals surface area contributed by atoms with Crippen molar-refractivity contribution in [2.24, 2.45) is 5.92 Å². The number of amides is 2. The monoisotopic (exact) mass is 362 g/mol. The molecule has 140 valence electrons. The molecular formula is C18H22N2O6. The molecule has 0 aromatic heterocycles. The molecule has 8 nitrogen and oxygen atoms in total. The van der Waals surface area contributed by atoms with Crippen LogP contribution in [0, 0.1) is 5.92 Å². The van der Waals surface area contributed by atoms with E-state index in [-0.39, 0.29) is 18.4 Å². The number of anilines is 1. The predicted molar refractivity (Wildman–Crippen MR) is 92.0 cm³/mol. The van der Waals surface area contributed by atoms with E-state index in [0.717, 1.165) is 6.42 Å². The Labute approximate surface area is 151 Å². The average Bonchev–Trinajstić information content (AvgIpc) is 2.64. The zero-order valence-corrected chi connectivity index (χ0v) is 14.5. The Kier molecular flexibility index (Phi) is 5.41. The smallest absolute Gasteiger partial charge is 0.326 e. The third-order valence-electron chi connectivity index (χ3n) is 4.62. The Balaban J connectivity index is 1.72. The lowest BCUT2D eigenvalue weighted by molar-refractivity contribution is -0.145. The van der Waals surface area contributed by atoms with Gasteiger partial charge in [0.15, 0.2) is 6.10 Å². The Morgan fingerprint density at radius 3 is 2.85 bits per heavy atom. The standard InChI is InChI=1S/C18H22N2O6/c1-11-17(22)20(13-6-2-3-7-14(13)26-11)9-15(21)19-16(18(23)24)12-5-4-8-25-10-12/h2-3,6-7,11-12,16H,4-5,8-10H2,1H3,(H,19,21)(H,23,24). The maximum absolute atomic E-state index is 12.5. The summed E-state index contributed by atoms with van der Waals surface area (Å²) in [5, 5.41) is 12.0. The van der Waals surface area contributed by atoms with Gasteiger partial charge in [-0.3, -0.25) is 14.5 Å². The number of hydrogen-bond acceptors (Lipinski definition) is 5.